The van der Waals surface area contributed by atoms with Crippen LogP contribution < -0.4 is 10.2 Å². The highest BCUT2D eigenvalue weighted by molar-refractivity contribution is 5.97. The Morgan fingerprint density at radius 3 is 2.50 bits per heavy atom. The normalized spacial score (nSPS) is 22.1. The third kappa shape index (κ3) is 3.57. The highest BCUT2D eigenvalue weighted by Gasteiger charge is 2.39. The van der Waals surface area contributed by atoms with Gasteiger partial charge in [-0.25, -0.2) is 0 Å². The lowest BCUT2D eigenvalue weighted by Crippen LogP contribution is -2.57. The van der Waals surface area contributed by atoms with Gasteiger partial charge in [-0.1, -0.05) is 24.3 Å². The van der Waals surface area contributed by atoms with Gasteiger partial charge in [0.1, 0.15) is 11.7 Å². The van der Waals surface area contributed by atoms with Gasteiger partial charge in [0.05, 0.1) is 30.7 Å². The molecule has 2 fully saturated rings. The number of fused-ring (bicyclic) bond motifs is 4. The van der Waals surface area contributed by atoms with Crippen molar-refractivity contribution in [3.8, 4) is 5.88 Å². The minimum atomic E-state index is -0.316. The van der Waals surface area contributed by atoms with Crippen molar-refractivity contribution >= 4 is 16.9 Å². The highest BCUT2D eigenvalue weighted by Crippen LogP contribution is 2.29. The number of hydrogen-bond acceptors (Lipinski definition) is 6. The Labute approximate surface area is 197 Å². The van der Waals surface area contributed by atoms with Crippen molar-refractivity contribution in [3.63, 3.8) is 0 Å². The van der Waals surface area contributed by atoms with Crippen LogP contribution in [0.5, 0.6) is 5.88 Å². The zero-order valence-electron chi connectivity index (χ0n) is 19.3. The molecular formula is C26H28N4O4. The Morgan fingerprint density at radius 1 is 1.12 bits per heavy atom. The lowest BCUT2D eigenvalue weighted by molar-refractivity contribution is -0.0566. The first-order chi connectivity index (χ1) is 16.6. The predicted molar refractivity (Wildman–Crippen MR) is 126 cm³/mol. The summed E-state index contributed by atoms with van der Waals surface area (Å²) in [6, 6.07) is 10.0. The van der Waals surface area contributed by atoms with Crippen LogP contribution >= 0.6 is 0 Å². The highest BCUT2D eigenvalue weighted by atomic mass is 16.5. The molecule has 3 aliphatic rings. The molecule has 8 heteroatoms. The Hall–Kier alpha value is -3.26. The summed E-state index contributed by atoms with van der Waals surface area (Å²) >= 11 is 0. The molecule has 6 rings (SSSR count). The van der Waals surface area contributed by atoms with Crippen molar-refractivity contribution in [2.75, 3.05) is 13.2 Å². The summed E-state index contributed by atoms with van der Waals surface area (Å²) in [5.41, 5.74) is 2.88. The average Bonchev–Trinajstić information content (AvgIpc) is 3.26. The quantitative estimate of drug-likeness (QED) is 0.595. The van der Waals surface area contributed by atoms with E-state index in [-0.39, 0.29) is 35.1 Å². The van der Waals surface area contributed by atoms with E-state index in [9.17, 15) is 9.59 Å². The third-order valence-electron chi connectivity index (χ3n) is 7.39. The van der Waals surface area contributed by atoms with E-state index < -0.39 is 0 Å². The van der Waals surface area contributed by atoms with Crippen LogP contribution in [0.1, 0.15) is 47.7 Å². The van der Waals surface area contributed by atoms with Crippen LogP contribution in [-0.2, 0) is 24.1 Å². The summed E-state index contributed by atoms with van der Waals surface area (Å²) in [6.45, 7) is 3.60. The second kappa shape index (κ2) is 8.51. The molecule has 2 saturated heterocycles. The Balaban J connectivity index is 1.34. The SMILES string of the molecule is CCn1cc(C(=O)N2C3CCCC2COC3)c(=O)c2cc(OC3Cc4ccccc4C3)nnc21. The van der Waals surface area contributed by atoms with Crippen LogP contribution in [0.3, 0.4) is 0 Å². The molecule has 2 unspecified atom stereocenters. The fraction of sp³-hybridized carbons (Fsp3) is 0.462. The van der Waals surface area contributed by atoms with Crippen LogP contribution in [0.25, 0.3) is 11.0 Å². The number of morpholine rings is 1. The number of carbonyl (C=O) groups excluding carboxylic acids is 1. The number of carbonyl (C=O) groups is 1. The third-order valence-corrected chi connectivity index (χ3v) is 7.39. The number of pyridine rings is 1. The standard InChI is InChI=1S/C26H28N4O4/c1-2-29-13-22(26(32)30-18-8-5-9-19(30)15-33-14-18)24(31)21-12-23(27-28-25(21)29)34-20-10-16-6-3-4-7-17(16)11-20/h3-4,6-7,12-13,18-20H,2,5,8-11,14-15H2,1H3. The molecule has 2 aliphatic heterocycles. The van der Waals surface area contributed by atoms with Gasteiger partial charge in [0.25, 0.3) is 5.91 Å². The van der Waals surface area contributed by atoms with Crippen LogP contribution in [0.15, 0.2) is 41.3 Å². The molecule has 2 atom stereocenters. The summed E-state index contributed by atoms with van der Waals surface area (Å²) in [7, 11) is 0. The van der Waals surface area contributed by atoms with Gasteiger partial charge in [0, 0.05) is 31.6 Å². The average molecular weight is 461 g/mol. The Morgan fingerprint density at radius 2 is 1.82 bits per heavy atom. The number of aromatic nitrogens is 3. The van der Waals surface area contributed by atoms with Gasteiger partial charge in [-0.2, -0.15) is 0 Å². The molecule has 1 aromatic carbocycles. The topological polar surface area (TPSA) is 86.5 Å². The van der Waals surface area contributed by atoms with Crippen molar-refractivity contribution in [1.82, 2.24) is 19.7 Å². The van der Waals surface area contributed by atoms with E-state index in [4.69, 9.17) is 9.47 Å². The molecule has 1 aliphatic carbocycles. The second-order valence-electron chi connectivity index (χ2n) is 9.48. The van der Waals surface area contributed by atoms with Crippen LogP contribution in [-0.4, -0.2) is 57.0 Å². The summed E-state index contributed by atoms with van der Waals surface area (Å²) in [4.78, 5) is 29.1. The number of ether oxygens (including phenoxy) is 2. The lowest BCUT2D eigenvalue weighted by atomic mass is 9.93. The van der Waals surface area contributed by atoms with E-state index in [1.165, 1.54) is 11.1 Å². The smallest absolute Gasteiger partial charge is 0.260 e. The maximum Gasteiger partial charge on any atom is 0.260 e. The first-order valence-corrected chi connectivity index (χ1v) is 12.2. The molecule has 0 radical (unpaired) electrons. The minimum Gasteiger partial charge on any atom is -0.473 e. The van der Waals surface area contributed by atoms with Crippen molar-refractivity contribution < 1.29 is 14.3 Å². The van der Waals surface area contributed by atoms with E-state index in [2.05, 4.69) is 22.3 Å². The van der Waals surface area contributed by atoms with Gasteiger partial charge >= 0.3 is 0 Å². The number of piperidine rings is 1. The van der Waals surface area contributed by atoms with Gasteiger partial charge in [-0.05, 0) is 37.3 Å². The largest absolute Gasteiger partial charge is 0.473 e. The maximum atomic E-state index is 13.6. The Bertz CT molecular complexity index is 1270. The molecule has 2 aromatic heterocycles. The number of amides is 1. The lowest BCUT2D eigenvalue weighted by Gasteiger charge is -2.45. The monoisotopic (exact) mass is 460 g/mol. The molecular weight excluding hydrogens is 432 g/mol. The molecule has 0 N–H and O–H groups in total. The number of nitrogens with zero attached hydrogens (tertiary/aromatic N) is 4. The Kier molecular flexibility index (Phi) is 5.32. The van der Waals surface area contributed by atoms with Crippen LogP contribution in [0.2, 0.25) is 0 Å². The van der Waals surface area contributed by atoms with E-state index >= 15 is 0 Å². The molecule has 4 heterocycles. The zero-order chi connectivity index (χ0) is 23.2. The number of aryl methyl sites for hydroxylation is 1. The summed E-state index contributed by atoms with van der Waals surface area (Å²) < 4.78 is 13.6. The van der Waals surface area contributed by atoms with Crippen LogP contribution in [0, 0.1) is 0 Å². The zero-order valence-corrected chi connectivity index (χ0v) is 19.3. The first-order valence-electron chi connectivity index (χ1n) is 12.2. The molecule has 2 bridgehead atoms. The van der Waals surface area contributed by atoms with E-state index in [0.717, 1.165) is 32.1 Å². The van der Waals surface area contributed by atoms with Crippen molar-refractivity contribution in [3.05, 3.63) is 63.4 Å². The van der Waals surface area contributed by atoms with Gasteiger partial charge in [-0.3, -0.25) is 9.59 Å². The molecule has 34 heavy (non-hydrogen) atoms. The second-order valence-corrected chi connectivity index (χ2v) is 9.48. The summed E-state index contributed by atoms with van der Waals surface area (Å²) in [5, 5.41) is 8.93. The number of hydrogen-bond donors (Lipinski definition) is 0. The fourth-order valence-corrected chi connectivity index (χ4v) is 5.69. The van der Waals surface area contributed by atoms with Crippen molar-refractivity contribution in [2.24, 2.45) is 0 Å². The van der Waals surface area contributed by atoms with E-state index in [1.54, 1.807) is 12.3 Å². The number of rotatable bonds is 4. The fourth-order valence-electron chi connectivity index (χ4n) is 5.69. The van der Waals surface area contributed by atoms with Gasteiger partial charge in [0.15, 0.2) is 5.65 Å². The van der Waals surface area contributed by atoms with Crippen LogP contribution in [0.4, 0.5) is 0 Å². The molecule has 3 aromatic rings. The van der Waals surface area contributed by atoms with E-state index in [1.807, 2.05) is 28.5 Å². The molecule has 1 amide bonds. The minimum absolute atomic E-state index is 0.0311. The molecule has 0 spiro atoms. The van der Waals surface area contributed by atoms with Crippen molar-refractivity contribution in [1.29, 1.82) is 0 Å². The molecule has 8 nitrogen and oxygen atoms in total. The van der Waals surface area contributed by atoms with Gasteiger partial charge < -0.3 is 18.9 Å². The van der Waals surface area contributed by atoms with Gasteiger partial charge in [-0.15, -0.1) is 10.2 Å². The summed E-state index contributed by atoms with van der Waals surface area (Å²) in [6.07, 6.45) is 6.09. The summed E-state index contributed by atoms with van der Waals surface area (Å²) in [5.74, 6) is 0.107. The first kappa shape index (κ1) is 21.3. The van der Waals surface area contributed by atoms with Gasteiger partial charge in [0.2, 0.25) is 11.3 Å². The number of benzene rings is 1. The van der Waals surface area contributed by atoms with Crippen molar-refractivity contribution in [2.45, 2.75) is 63.8 Å². The molecule has 176 valence electrons. The van der Waals surface area contributed by atoms with E-state index in [0.29, 0.717) is 36.7 Å². The maximum absolute atomic E-state index is 13.6. The predicted octanol–water partition coefficient (Wildman–Crippen LogP) is 2.75. The molecule has 0 saturated carbocycles.